The van der Waals surface area contributed by atoms with Crippen molar-refractivity contribution in [3.63, 3.8) is 0 Å². The minimum atomic E-state index is 0.249. The Morgan fingerprint density at radius 2 is 1.45 bits per heavy atom. The molecule has 1 fully saturated rings. The first kappa shape index (κ1) is 8.97. The van der Waals surface area contributed by atoms with Gasteiger partial charge in [0.25, 0.3) is 0 Å². The molecular formula is C8H19N3. The van der Waals surface area contributed by atoms with Crippen molar-refractivity contribution in [3.05, 3.63) is 0 Å². The Balaban J connectivity index is 2.35. The zero-order valence-electron chi connectivity index (χ0n) is 7.38. The van der Waals surface area contributed by atoms with Crippen LogP contribution >= 0.6 is 0 Å². The maximum absolute atomic E-state index is 5.76. The molecule has 1 heterocycles. The molecule has 11 heavy (non-hydrogen) atoms. The van der Waals surface area contributed by atoms with Crippen LogP contribution in [-0.2, 0) is 0 Å². The van der Waals surface area contributed by atoms with E-state index in [0.717, 1.165) is 0 Å². The van der Waals surface area contributed by atoms with Gasteiger partial charge in [0.1, 0.15) is 0 Å². The van der Waals surface area contributed by atoms with E-state index in [9.17, 15) is 0 Å². The summed E-state index contributed by atoms with van der Waals surface area (Å²) in [6, 6.07) is 1.45. The molecule has 0 aromatic heterocycles. The molecular weight excluding hydrogens is 138 g/mol. The number of nitrogens with two attached hydrogens (primary N) is 2. The van der Waals surface area contributed by atoms with Gasteiger partial charge < -0.3 is 16.8 Å². The van der Waals surface area contributed by atoms with E-state index in [-0.39, 0.29) is 12.1 Å². The van der Waals surface area contributed by atoms with Crippen molar-refractivity contribution in [1.82, 2.24) is 5.32 Å². The molecule has 5 N–H and O–H groups in total. The van der Waals surface area contributed by atoms with Crippen LogP contribution in [0.5, 0.6) is 0 Å². The molecule has 0 spiro atoms. The lowest BCUT2D eigenvalue weighted by atomic mass is 10.1. The van der Waals surface area contributed by atoms with Crippen LogP contribution in [0.3, 0.4) is 0 Å². The molecule has 0 amide bonds. The predicted molar refractivity (Wildman–Crippen MR) is 47.2 cm³/mol. The highest BCUT2D eigenvalue weighted by molar-refractivity contribution is 4.91. The Hall–Kier alpha value is -0.120. The van der Waals surface area contributed by atoms with Crippen molar-refractivity contribution in [1.29, 1.82) is 0 Å². The van der Waals surface area contributed by atoms with Gasteiger partial charge in [-0.2, -0.15) is 0 Å². The second kappa shape index (κ2) is 3.52. The Morgan fingerprint density at radius 1 is 1.09 bits per heavy atom. The molecule has 0 aromatic carbocycles. The first-order valence-electron chi connectivity index (χ1n) is 4.38. The van der Waals surface area contributed by atoms with E-state index in [0.29, 0.717) is 12.1 Å². The normalized spacial score (nSPS) is 37.1. The maximum atomic E-state index is 5.76. The van der Waals surface area contributed by atoms with E-state index >= 15 is 0 Å². The van der Waals surface area contributed by atoms with Gasteiger partial charge in [-0.15, -0.1) is 0 Å². The largest absolute Gasteiger partial charge is 0.327 e. The number of hydrogen-bond acceptors (Lipinski definition) is 3. The molecule has 1 aliphatic heterocycles. The summed E-state index contributed by atoms with van der Waals surface area (Å²) in [5.74, 6) is 0. The Bertz CT molecular complexity index is 109. The van der Waals surface area contributed by atoms with Gasteiger partial charge >= 0.3 is 0 Å². The van der Waals surface area contributed by atoms with Gasteiger partial charge in [0.15, 0.2) is 0 Å². The summed E-state index contributed by atoms with van der Waals surface area (Å²) in [7, 11) is 0. The average Bonchev–Trinajstić information content (AvgIpc) is 2.33. The molecule has 0 bridgehead atoms. The summed E-state index contributed by atoms with van der Waals surface area (Å²) in [4.78, 5) is 0. The van der Waals surface area contributed by atoms with Crippen LogP contribution in [0.1, 0.15) is 26.7 Å². The number of hydrogen-bond donors (Lipinski definition) is 3. The van der Waals surface area contributed by atoms with Crippen molar-refractivity contribution in [3.8, 4) is 0 Å². The molecule has 0 radical (unpaired) electrons. The van der Waals surface area contributed by atoms with Crippen LogP contribution in [0.2, 0.25) is 0 Å². The van der Waals surface area contributed by atoms with E-state index < -0.39 is 0 Å². The minimum Gasteiger partial charge on any atom is -0.327 e. The summed E-state index contributed by atoms with van der Waals surface area (Å²) >= 11 is 0. The monoisotopic (exact) mass is 157 g/mol. The van der Waals surface area contributed by atoms with Crippen LogP contribution in [0, 0.1) is 0 Å². The van der Waals surface area contributed by atoms with Crippen molar-refractivity contribution in [2.75, 3.05) is 0 Å². The highest BCUT2D eigenvalue weighted by Crippen LogP contribution is 2.15. The molecule has 0 aromatic rings. The molecule has 3 heteroatoms. The van der Waals surface area contributed by atoms with Crippen LogP contribution in [0.4, 0.5) is 0 Å². The fourth-order valence-electron chi connectivity index (χ4n) is 1.63. The lowest BCUT2D eigenvalue weighted by Gasteiger charge is -2.19. The minimum absolute atomic E-state index is 0.249. The third-order valence-electron chi connectivity index (χ3n) is 2.49. The molecule has 0 saturated carbocycles. The summed E-state index contributed by atoms with van der Waals surface area (Å²) in [6.07, 6.45) is 2.34. The second-order valence-electron chi connectivity index (χ2n) is 3.68. The van der Waals surface area contributed by atoms with E-state index in [4.69, 9.17) is 11.5 Å². The van der Waals surface area contributed by atoms with Crippen molar-refractivity contribution in [2.24, 2.45) is 11.5 Å². The van der Waals surface area contributed by atoms with Gasteiger partial charge in [-0.1, -0.05) is 0 Å². The quantitative estimate of drug-likeness (QED) is 0.520. The van der Waals surface area contributed by atoms with Crippen LogP contribution in [-0.4, -0.2) is 24.2 Å². The molecule has 3 nitrogen and oxygen atoms in total. The SMILES string of the molecule is CC(N)C1CCC(C(C)N)N1. The second-order valence-corrected chi connectivity index (χ2v) is 3.68. The van der Waals surface area contributed by atoms with Gasteiger partial charge in [0, 0.05) is 24.2 Å². The Labute approximate surface area is 68.5 Å². The third-order valence-corrected chi connectivity index (χ3v) is 2.49. The van der Waals surface area contributed by atoms with Crippen molar-refractivity contribution >= 4 is 0 Å². The Morgan fingerprint density at radius 3 is 1.64 bits per heavy atom. The van der Waals surface area contributed by atoms with Gasteiger partial charge in [0.2, 0.25) is 0 Å². The van der Waals surface area contributed by atoms with Crippen LogP contribution in [0.25, 0.3) is 0 Å². The average molecular weight is 157 g/mol. The summed E-state index contributed by atoms with van der Waals surface area (Å²) in [5.41, 5.74) is 11.5. The fraction of sp³-hybridized carbons (Fsp3) is 1.00. The van der Waals surface area contributed by atoms with E-state index in [1.807, 2.05) is 13.8 Å². The summed E-state index contributed by atoms with van der Waals surface area (Å²) < 4.78 is 0. The van der Waals surface area contributed by atoms with Gasteiger partial charge in [-0.25, -0.2) is 0 Å². The van der Waals surface area contributed by atoms with Crippen LogP contribution < -0.4 is 16.8 Å². The van der Waals surface area contributed by atoms with Crippen molar-refractivity contribution in [2.45, 2.75) is 50.9 Å². The standard InChI is InChI=1S/C8H19N3/c1-5(9)7-3-4-8(11-7)6(2)10/h5-8,11H,3-4,9-10H2,1-2H3. The molecule has 1 rings (SSSR count). The zero-order valence-corrected chi connectivity index (χ0v) is 7.38. The maximum Gasteiger partial charge on any atom is 0.0220 e. The Kier molecular flexibility index (Phi) is 2.87. The summed E-state index contributed by atoms with van der Waals surface area (Å²) in [5, 5.41) is 3.44. The predicted octanol–water partition coefficient (Wildman–Crippen LogP) is -0.199. The number of nitrogens with one attached hydrogen (secondary N) is 1. The lowest BCUT2D eigenvalue weighted by Crippen LogP contribution is -2.46. The van der Waals surface area contributed by atoms with Crippen LogP contribution in [0.15, 0.2) is 0 Å². The molecule has 1 saturated heterocycles. The first-order valence-corrected chi connectivity index (χ1v) is 4.38. The summed E-state index contributed by atoms with van der Waals surface area (Å²) in [6.45, 7) is 4.09. The molecule has 66 valence electrons. The zero-order chi connectivity index (χ0) is 8.43. The van der Waals surface area contributed by atoms with Gasteiger partial charge in [-0.3, -0.25) is 0 Å². The topological polar surface area (TPSA) is 64.1 Å². The highest BCUT2D eigenvalue weighted by atomic mass is 15.0. The van der Waals surface area contributed by atoms with E-state index in [1.54, 1.807) is 0 Å². The van der Waals surface area contributed by atoms with Gasteiger partial charge in [0.05, 0.1) is 0 Å². The lowest BCUT2D eigenvalue weighted by molar-refractivity contribution is 0.447. The van der Waals surface area contributed by atoms with Crippen molar-refractivity contribution < 1.29 is 0 Å². The molecule has 4 unspecified atom stereocenters. The van der Waals surface area contributed by atoms with E-state index in [2.05, 4.69) is 5.32 Å². The number of rotatable bonds is 2. The fourth-order valence-corrected chi connectivity index (χ4v) is 1.63. The van der Waals surface area contributed by atoms with Gasteiger partial charge in [-0.05, 0) is 26.7 Å². The molecule has 0 aliphatic carbocycles. The highest BCUT2D eigenvalue weighted by Gasteiger charge is 2.27. The third kappa shape index (κ3) is 2.15. The molecule has 1 aliphatic rings. The molecule has 4 atom stereocenters. The first-order chi connectivity index (χ1) is 5.11. The smallest absolute Gasteiger partial charge is 0.0220 e. The van der Waals surface area contributed by atoms with E-state index in [1.165, 1.54) is 12.8 Å².